The molecule has 0 atom stereocenters. The molecule has 1 heterocycles. The van der Waals surface area contributed by atoms with E-state index in [4.69, 9.17) is 8.23 Å². The smallest absolute Gasteiger partial charge is 0.206 e. The Labute approximate surface area is 163 Å². The molecule has 0 fully saturated rings. The Morgan fingerprint density at radius 1 is 0.462 bits per heavy atom. The van der Waals surface area contributed by atoms with Crippen LogP contribution in [-0.4, -0.2) is 33.3 Å². The van der Waals surface area contributed by atoms with Crippen molar-refractivity contribution in [1.82, 2.24) is 0 Å². The molecule has 2 aromatic carbocycles. The lowest BCUT2D eigenvalue weighted by Gasteiger charge is -2.39. The maximum Gasteiger partial charge on any atom is 0.206 e. The summed E-state index contributed by atoms with van der Waals surface area (Å²) in [6, 6.07) is 18.2. The van der Waals surface area contributed by atoms with Crippen molar-refractivity contribution >= 4 is 54.0 Å². The molecule has 0 radical (unpaired) electrons. The van der Waals surface area contributed by atoms with Crippen LogP contribution in [0.4, 0.5) is 0 Å². The van der Waals surface area contributed by atoms with E-state index in [1.807, 2.05) is 0 Å². The zero-order chi connectivity index (χ0) is 19.4. The molecule has 0 aliphatic carbocycles. The van der Waals surface area contributed by atoms with Gasteiger partial charge in [-0.2, -0.15) is 0 Å². The first-order chi connectivity index (χ1) is 11.8. The summed E-state index contributed by atoms with van der Waals surface area (Å²) in [5.74, 6) is 0. The van der Waals surface area contributed by atoms with E-state index < -0.39 is 33.3 Å². The number of fused-ring (bicyclic) bond motifs is 4. The fourth-order valence-electron chi connectivity index (χ4n) is 4.05. The third-order valence-corrected chi connectivity index (χ3v) is 20.5. The predicted molar refractivity (Wildman–Crippen MR) is 124 cm³/mol. The second-order valence-corrected chi connectivity index (χ2v) is 25.4. The maximum atomic E-state index is 6.98. The molecule has 0 N–H and O–H groups in total. The molecule has 0 unspecified atom stereocenters. The molecule has 2 nitrogen and oxygen atoms in total. The molecule has 3 rings (SSSR count). The Morgan fingerprint density at radius 2 is 0.692 bits per heavy atom. The van der Waals surface area contributed by atoms with Crippen molar-refractivity contribution in [3.8, 4) is 0 Å². The van der Waals surface area contributed by atoms with E-state index in [0.717, 1.165) is 0 Å². The van der Waals surface area contributed by atoms with Crippen LogP contribution in [0.25, 0.3) is 0 Å². The van der Waals surface area contributed by atoms with E-state index in [-0.39, 0.29) is 0 Å². The third-order valence-electron chi connectivity index (χ3n) is 5.53. The quantitative estimate of drug-likeness (QED) is 0.615. The van der Waals surface area contributed by atoms with E-state index in [2.05, 4.69) is 101 Å². The van der Waals surface area contributed by atoms with Gasteiger partial charge in [0.25, 0.3) is 0 Å². The van der Waals surface area contributed by atoms with E-state index in [1.165, 1.54) is 20.7 Å². The Balaban J connectivity index is 2.25. The largest absolute Gasteiger partial charge is 0.449 e. The zero-order valence-electron chi connectivity index (χ0n) is 17.4. The highest BCUT2D eigenvalue weighted by atomic mass is 28.4. The van der Waals surface area contributed by atoms with Gasteiger partial charge in [-0.05, 0) is 73.1 Å². The molecular formula is C20H32O2Si4. The molecule has 140 valence electrons. The minimum atomic E-state index is -2.00. The summed E-state index contributed by atoms with van der Waals surface area (Å²) in [5, 5.41) is 5.54. The molecule has 4 bridgehead atoms. The Bertz CT molecular complexity index is 700. The highest BCUT2D eigenvalue weighted by molar-refractivity contribution is 6.99. The summed E-state index contributed by atoms with van der Waals surface area (Å²) in [4.78, 5) is 0. The number of hydrogen-bond acceptors (Lipinski definition) is 2. The summed E-state index contributed by atoms with van der Waals surface area (Å²) in [5.41, 5.74) is 0. The molecule has 0 amide bonds. The first-order valence-electron chi connectivity index (χ1n) is 9.46. The molecule has 0 spiro atoms. The zero-order valence-corrected chi connectivity index (χ0v) is 21.4. The van der Waals surface area contributed by atoms with Gasteiger partial charge in [-0.15, -0.1) is 0 Å². The average Bonchev–Trinajstić information content (AvgIpc) is 2.52. The van der Waals surface area contributed by atoms with Gasteiger partial charge in [0.05, 0.1) is 0 Å². The van der Waals surface area contributed by atoms with Gasteiger partial charge in [0, 0.05) is 0 Å². The maximum absolute atomic E-state index is 6.98. The topological polar surface area (TPSA) is 18.5 Å². The van der Waals surface area contributed by atoms with Crippen molar-refractivity contribution < 1.29 is 8.23 Å². The molecule has 1 aliphatic rings. The van der Waals surface area contributed by atoms with Gasteiger partial charge < -0.3 is 8.23 Å². The minimum Gasteiger partial charge on any atom is -0.449 e. The lowest BCUT2D eigenvalue weighted by Crippen LogP contribution is -2.63. The second kappa shape index (κ2) is 6.39. The standard InChI is InChI=1S/C20H32O2Si4/c1-23(2)17-11-9-12-18(15-17)25(5,6)22-26(7,8)20-14-10-13-19(16-20)24(3,4)21-23/h9-16H,1-8H3. The van der Waals surface area contributed by atoms with E-state index in [1.54, 1.807) is 0 Å². The number of benzene rings is 2. The lowest BCUT2D eigenvalue weighted by atomic mass is 10.4. The number of hydrogen-bond donors (Lipinski definition) is 0. The number of rotatable bonds is 0. The van der Waals surface area contributed by atoms with Gasteiger partial charge in [-0.25, -0.2) is 0 Å². The minimum absolute atomic E-state index is 1.39. The van der Waals surface area contributed by atoms with Gasteiger partial charge >= 0.3 is 0 Å². The molecular weight excluding hydrogens is 385 g/mol. The third kappa shape index (κ3) is 3.76. The molecule has 1 aliphatic heterocycles. The summed E-state index contributed by atoms with van der Waals surface area (Å²) in [6.45, 7) is 18.7. The van der Waals surface area contributed by atoms with Crippen molar-refractivity contribution in [2.75, 3.05) is 0 Å². The van der Waals surface area contributed by atoms with Gasteiger partial charge in [0.15, 0.2) is 0 Å². The van der Waals surface area contributed by atoms with Crippen LogP contribution < -0.4 is 20.7 Å². The van der Waals surface area contributed by atoms with Crippen molar-refractivity contribution in [2.45, 2.75) is 52.4 Å². The van der Waals surface area contributed by atoms with Crippen LogP contribution in [0.2, 0.25) is 52.4 Å². The summed E-state index contributed by atoms with van der Waals surface area (Å²) in [7, 11) is -7.99. The van der Waals surface area contributed by atoms with E-state index in [0.29, 0.717) is 0 Å². The van der Waals surface area contributed by atoms with Crippen molar-refractivity contribution in [3.63, 3.8) is 0 Å². The van der Waals surface area contributed by atoms with Gasteiger partial charge in [-0.1, -0.05) is 48.5 Å². The highest BCUT2D eigenvalue weighted by Crippen LogP contribution is 2.19. The Morgan fingerprint density at radius 3 is 0.923 bits per heavy atom. The molecule has 2 aromatic rings. The van der Waals surface area contributed by atoms with E-state index >= 15 is 0 Å². The lowest BCUT2D eigenvalue weighted by molar-refractivity contribution is 0.571. The molecule has 0 aromatic heterocycles. The second-order valence-electron chi connectivity index (χ2n) is 9.41. The SMILES string of the molecule is C[Si]1(C)O[Si](C)(C)c2cccc(c2)[Si](C)(C)O[Si](C)(C)c2cccc1c2. The van der Waals surface area contributed by atoms with Crippen molar-refractivity contribution in [3.05, 3.63) is 48.5 Å². The van der Waals surface area contributed by atoms with Crippen molar-refractivity contribution in [2.24, 2.45) is 0 Å². The van der Waals surface area contributed by atoms with Gasteiger partial charge in [0.2, 0.25) is 33.3 Å². The summed E-state index contributed by atoms with van der Waals surface area (Å²) < 4.78 is 14.0. The Kier molecular flexibility index (Phi) is 4.91. The van der Waals surface area contributed by atoms with Crippen LogP contribution >= 0.6 is 0 Å². The monoisotopic (exact) mass is 416 g/mol. The molecule has 0 saturated heterocycles. The fraction of sp³-hybridized carbons (Fsp3) is 0.400. The fourth-order valence-corrected chi connectivity index (χ4v) is 20.4. The van der Waals surface area contributed by atoms with Crippen LogP contribution in [0, 0.1) is 0 Å². The summed E-state index contributed by atoms with van der Waals surface area (Å²) in [6.07, 6.45) is 0. The predicted octanol–water partition coefficient (Wildman–Crippen LogP) is 3.08. The first-order valence-corrected chi connectivity index (χ1v) is 21.1. The molecule has 6 heteroatoms. The van der Waals surface area contributed by atoms with Gasteiger partial charge in [0.1, 0.15) is 0 Å². The normalized spacial score (nSPS) is 22.8. The van der Waals surface area contributed by atoms with Gasteiger partial charge in [-0.3, -0.25) is 0 Å². The van der Waals surface area contributed by atoms with E-state index in [9.17, 15) is 0 Å². The van der Waals surface area contributed by atoms with Crippen LogP contribution in [0.3, 0.4) is 0 Å². The van der Waals surface area contributed by atoms with Crippen LogP contribution in [0.1, 0.15) is 0 Å². The molecule has 26 heavy (non-hydrogen) atoms. The van der Waals surface area contributed by atoms with Crippen LogP contribution in [0.15, 0.2) is 48.5 Å². The van der Waals surface area contributed by atoms with Crippen LogP contribution in [0.5, 0.6) is 0 Å². The Hall–Kier alpha value is -0.772. The van der Waals surface area contributed by atoms with Crippen molar-refractivity contribution in [1.29, 1.82) is 0 Å². The average molecular weight is 417 g/mol. The first kappa shape index (κ1) is 20.0. The highest BCUT2D eigenvalue weighted by Gasteiger charge is 2.41. The van der Waals surface area contributed by atoms with Crippen LogP contribution in [-0.2, 0) is 8.23 Å². The molecule has 0 saturated carbocycles. The summed E-state index contributed by atoms with van der Waals surface area (Å²) >= 11 is 0.